The minimum Gasteiger partial charge on any atom is -0.390 e. The Hall–Kier alpha value is -2.88. The molecule has 1 aliphatic carbocycles. The van der Waals surface area contributed by atoms with Crippen LogP contribution in [0.25, 0.3) is 10.9 Å². The van der Waals surface area contributed by atoms with Crippen molar-refractivity contribution in [1.82, 2.24) is 15.6 Å². The van der Waals surface area contributed by atoms with Gasteiger partial charge in [-0.25, -0.2) is 8.42 Å². The van der Waals surface area contributed by atoms with E-state index in [1.807, 2.05) is 49.5 Å². The molecule has 8 nitrogen and oxygen atoms in total. The molecule has 2 aliphatic rings. The number of aryl methyl sites for hydroxylation is 1. The lowest BCUT2D eigenvalue weighted by atomic mass is 9.94. The molecule has 9 heteroatoms. The molecule has 5 rings (SSSR count). The number of aromatic amines is 1. The number of carbonyl (C=O) groups excluding carboxylic acids is 1. The molecule has 4 N–H and O–H groups in total. The van der Waals surface area contributed by atoms with Crippen molar-refractivity contribution in [3.05, 3.63) is 65.4 Å². The zero-order chi connectivity index (χ0) is 27.4. The van der Waals surface area contributed by atoms with Gasteiger partial charge in [0, 0.05) is 36.3 Å². The van der Waals surface area contributed by atoms with Crippen molar-refractivity contribution >= 4 is 32.5 Å². The number of H-pyrrole nitrogens is 1. The fourth-order valence-corrected chi connectivity index (χ4v) is 7.50. The number of nitrogens with zero attached hydrogens (tertiary/aromatic N) is 1. The van der Waals surface area contributed by atoms with Crippen LogP contribution >= 0.6 is 0 Å². The lowest BCUT2D eigenvalue weighted by Crippen LogP contribution is -2.50. The highest BCUT2D eigenvalue weighted by atomic mass is 32.2. The molecule has 0 radical (unpaired) electrons. The van der Waals surface area contributed by atoms with Gasteiger partial charge >= 0.3 is 0 Å². The summed E-state index contributed by atoms with van der Waals surface area (Å²) in [7, 11) is -3.43. The van der Waals surface area contributed by atoms with Gasteiger partial charge in [-0.1, -0.05) is 56.5 Å². The summed E-state index contributed by atoms with van der Waals surface area (Å²) in [6.07, 6.45) is 8.79. The van der Waals surface area contributed by atoms with Gasteiger partial charge in [-0.05, 0) is 55.4 Å². The number of aromatic nitrogens is 1. The maximum absolute atomic E-state index is 13.7. The van der Waals surface area contributed by atoms with Crippen molar-refractivity contribution in [3.8, 4) is 0 Å². The number of rotatable bonds is 10. The highest BCUT2D eigenvalue weighted by molar-refractivity contribution is 7.93. The molecule has 2 aromatic carbocycles. The predicted octanol–water partition coefficient (Wildman–Crippen LogP) is 3.89. The second kappa shape index (κ2) is 12.1. The van der Waals surface area contributed by atoms with Crippen LogP contribution in [0.3, 0.4) is 0 Å². The molecule has 2 fully saturated rings. The molecule has 1 aliphatic heterocycles. The van der Waals surface area contributed by atoms with Crippen molar-refractivity contribution in [3.63, 3.8) is 0 Å². The summed E-state index contributed by atoms with van der Waals surface area (Å²) in [5.41, 5.74) is 3.67. The van der Waals surface area contributed by atoms with Crippen LogP contribution < -0.4 is 14.9 Å². The third kappa shape index (κ3) is 6.31. The summed E-state index contributed by atoms with van der Waals surface area (Å²) in [5, 5.41) is 18.7. The third-order valence-corrected chi connectivity index (χ3v) is 10.0. The van der Waals surface area contributed by atoms with Gasteiger partial charge in [0.2, 0.25) is 10.0 Å². The van der Waals surface area contributed by atoms with E-state index in [0.717, 1.165) is 41.3 Å². The van der Waals surface area contributed by atoms with Crippen molar-refractivity contribution in [2.75, 3.05) is 23.1 Å². The molecule has 1 saturated carbocycles. The minimum atomic E-state index is -3.43. The van der Waals surface area contributed by atoms with Crippen LogP contribution in [0.15, 0.2) is 48.7 Å². The second-order valence-corrected chi connectivity index (χ2v) is 12.9. The number of nitrogens with one attached hydrogen (secondary N) is 3. The minimum absolute atomic E-state index is 0.103. The normalized spacial score (nSPS) is 19.3. The van der Waals surface area contributed by atoms with E-state index in [-0.39, 0.29) is 11.7 Å². The molecule has 1 amide bonds. The number of sulfonamides is 1. The van der Waals surface area contributed by atoms with Gasteiger partial charge in [-0.15, -0.1) is 0 Å². The number of aliphatic hydroxyl groups excluding tert-OH is 1. The van der Waals surface area contributed by atoms with Gasteiger partial charge in [0.25, 0.3) is 5.91 Å². The summed E-state index contributed by atoms with van der Waals surface area (Å²) in [5.74, 6) is -0.221. The topological polar surface area (TPSA) is 115 Å². The number of anilines is 1. The summed E-state index contributed by atoms with van der Waals surface area (Å²) in [6, 6.07) is 13.2. The molecule has 2 heterocycles. The van der Waals surface area contributed by atoms with Crippen molar-refractivity contribution < 1.29 is 18.3 Å². The maximum atomic E-state index is 13.7. The van der Waals surface area contributed by atoms with Gasteiger partial charge in [-0.2, -0.15) is 0 Å². The van der Waals surface area contributed by atoms with E-state index >= 15 is 0 Å². The number of amides is 1. The third-order valence-electron chi connectivity index (χ3n) is 8.17. The number of hydrogen-bond donors (Lipinski definition) is 4. The predicted molar refractivity (Wildman–Crippen MR) is 156 cm³/mol. The van der Waals surface area contributed by atoms with Gasteiger partial charge in [0.05, 0.1) is 29.1 Å². The Labute approximate surface area is 231 Å². The second-order valence-electron chi connectivity index (χ2n) is 10.9. The van der Waals surface area contributed by atoms with E-state index in [9.17, 15) is 18.3 Å². The summed E-state index contributed by atoms with van der Waals surface area (Å²) >= 11 is 0. The molecule has 0 spiro atoms. The summed E-state index contributed by atoms with van der Waals surface area (Å²) in [6.45, 7) is 2.83. The number of aliphatic hydroxyl groups is 1. The summed E-state index contributed by atoms with van der Waals surface area (Å²) in [4.78, 5) is 17.0. The number of hydrogen-bond acceptors (Lipinski definition) is 5. The zero-order valence-electron chi connectivity index (χ0n) is 22.7. The molecule has 2 atom stereocenters. The Morgan fingerprint density at radius 1 is 1.13 bits per heavy atom. The summed E-state index contributed by atoms with van der Waals surface area (Å²) < 4.78 is 27.0. The van der Waals surface area contributed by atoms with E-state index in [0.29, 0.717) is 43.2 Å². The Balaban J connectivity index is 1.42. The molecule has 0 unspecified atom stereocenters. The fourth-order valence-electron chi connectivity index (χ4n) is 5.94. The lowest BCUT2D eigenvalue weighted by molar-refractivity contribution is 0.0821. The maximum Gasteiger partial charge on any atom is 0.251 e. The Morgan fingerprint density at radius 3 is 2.59 bits per heavy atom. The Bertz CT molecular complexity index is 1380. The lowest BCUT2D eigenvalue weighted by Gasteiger charge is -2.28. The number of carbonyl (C=O) groups is 1. The Kier molecular flexibility index (Phi) is 8.59. The first-order valence-corrected chi connectivity index (χ1v) is 15.9. The first kappa shape index (κ1) is 27.7. The van der Waals surface area contributed by atoms with E-state index in [1.54, 1.807) is 6.07 Å². The van der Waals surface area contributed by atoms with Crippen molar-refractivity contribution in [2.24, 2.45) is 0 Å². The number of fused-ring (bicyclic) bond motifs is 1. The van der Waals surface area contributed by atoms with Crippen LogP contribution in [0.1, 0.15) is 66.9 Å². The molecule has 210 valence electrons. The molecule has 1 aromatic heterocycles. The first-order valence-electron chi connectivity index (χ1n) is 14.3. The Morgan fingerprint density at radius 2 is 1.90 bits per heavy atom. The van der Waals surface area contributed by atoms with Crippen LogP contribution in [0.4, 0.5) is 5.69 Å². The quantitative estimate of drug-likeness (QED) is 0.305. The molecule has 0 bridgehead atoms. The van der Waals surface area contributed by atoms with Gasteiger partial charge < -0.3 is 20.7 Å². The molecular weight excluding hydrogens is 512 g/mol. The van der Waals surface area contributed by atoms with E-state index in [1.165, 1.54) is 23.6 Å². The van der Waals surface area contributed by atoms with E-state index in [2.05, 4.69) is 15.6 Å². The van der Waals surface area contributed by atoms with Gasteiger partial charge in [0.15, 0.2) is 0 Å². The molecule has 39 heavy (non-hydrogen) atoms. The fraction of sp³-hybridized carbons (Fsp3) is 0.500. The molecule has 1 saturated heterocycles. The van der Waals surface area contributed by atoms with Crippen LogP contribution in [-0.4, -0.2) is 61.4 Å². The average Bonchev–Trinajstić information content (AvgIpc) is 3.53. The van der Waals surface area contributed by atoms with E-state index < -0.39 is 22.2 Å². The van der Waals surface area contributed by atoms with Crippen LogP contribution in [0, 0.1) is 0 Å². The van der Waals surface area contributed by atoms with Crippen LogP contribution in [-0.2, 0) is 22.9 Å². The average molecular weight is 553 g/mol. The number of benzene rings is 2. The van der Waals surface area contributed by atoms with Crippen molar-refractivity contribution in [1.29, 1.82) is 0 Å². The largest absolute Gasteiger partial charge is 0.390 e. The van der Waals surface area contributed by atoms with Gasteiger partial charge in [-0.3, -0.25) is 9.10 Å². The smallest absolute Gasteiger partial charge is 0.251 e. The van der Waals surface area contributed by atoms with Crippen molar-refractivity contribution in [2.45, 2.75) is 76.5 Å². The highest BCUT2D eigenvalue weighted by Gasteiger charge is 2.32. The van der Waals surface area contributed by atoms with Crippen LogP contribution in [0.5, 0.6) is 0 Å². The molecular formula is C30H40N4O4S. The van der Waals surface area contributed by atoms with Crippen LogP contribution in [0.2, 0.25) is 0 Å². The molecule has 3 aromatic rings. The highest BCUT2D eigenvalue weighted by Crippen LogP contribution is 2.34. The standard InChI is InChI=1S/C30H40N4O4S/c1-2-22-19-32-29-25(22)17-23(18-27(29)34-14-9-15-39(34,37)38)30(36)33-26(16-21-10-5-3-6-11-21)28(35)20-31-24-12-7-4-8-13-24/h3,5-6,10-11,17-19,24,26,28,31-32,35H,2,4,7-9,12-16,20H2,1H3,(H,33,36)/t26-,28+/m0/s1. The van der Waals surface area contributed by atoms with E-state index in [4.69, 9.17) is 0 Å². The van der Waals surface area contributed by atoms with Gasteiger partial charge in [0.1, 0.15) is 0 Å². The SMILES string of the molecule is CCc1c[nH]c2c(N3CCCS3(=O)=O)cc(C(=O)N[C@@H](Cc3ccccc3)[C@H](O)CNC3CCCCC3)cc12. The first-order chi connectivity index (χ1) is 18.9. The zero-order valence-corrected chi connectivity index (χ0v) is 23.5. The monoisotopic (exact) mass is 552 g/mol.